The summed E-state index contributed by atoms with van der Waals surface area (Å²) in [7, 11) is 1.47. The lowest BCUT2D eigenvalue weighted by atomic mass is 10.1. The molecule has 0 unspecified atom stereocenters. The topological polar surface area (TPSA) is 85.3 Å². The third-order valence-corrected chi connectivity index (χ3v) is 3.83. The molecular formula is C18H14BrFN2O3. The van der Waals surface area contributed by atoms with Gasteiger partial charge in [0.05, 0.1) is 11.6 Å². The molecule has 0 aliphatic carbocycles. The van der Waals surface area contributed by atoms with Gasteiger partial charge in [-0.15, -0.1) is 0 Å². The number of methoxy groups -OCH3 is 1. The predicted molar refractivity (Wildman–Crippen MR) is 94.2 cm³/mol. The van der Waals surface area contributed by atoms with Gasteiger partial charge in [-0.2, -0.15) is 5.26 Å². The number of primary amides is 1. The molecule has 0 atom stereocenters. The number of carbonyl (C=O) groups excluding carboxylic acids is 1. The highest BCUT2D eigenvalue weighted by Crippen LogP contribution is 2.37. The molecule has 7 heteroatoms. The highest BCUT2D eigenvalue weighted by Gasteiger charge is 2.13. The van der Waals surface area contributed by atoms with Gasteiger partial charge in [-0.25, -0.2) is 4.39 Å². The van der Waals surface area contributed by atoms with E-state index in [2.05, 4.69) is 15.9 Å². The average molecular weight is 405 g/mol. The number of hydrogen-bond donors (Lipinski definition) is 1. The first-order chi connectivity index (χ1) is 11.9. The van der Waals surface area contributed by atoms with Crippen LogP contribution in [0.5, 0.6) is 11.5 Å². The van der Waals surface area contributed by atoms with Gasteiger partial charge in [0.15, 0.2) is 11.5 Å². The second-order valence-corrected chi connectivity index (χ2v) is 5.84. The number of nitrogens with two attached hydrogens (primary N) is 1. The lowest BCUT2D eigenvalue weighted by molar-refractivity contribution is -0.114. The summed E-state index contributed by atoms with van der Waals surface area (Å²) in [6, 6.07) is 11.0. The van der Waals surface area contributed by atoms with Crippen LogP contribution in [-0.4, -0.2) is 13.0 Å². The van der Waals surface area contributed by atoms with E-state index < -0.39 is 5.91 Å². The van der Waals surface area contributed by atoms with E-state index in [1.807, 2.05) is 0 Å². The molecule has 0 fully saturated rings. The van der Waals surface area contributed by atoms with Crippen molar-refractivity contribution in [1.82, 2.24) is 0 Å². The van der Waals surface area contributed by atoms with Crippen molar-refractivity contribution in [2.45, 2.75) is 6.61 Å². The zero-order valence-electron chi connectivity index (χ0n) is 13.3. The average Bonchev–Trinajstić information content (AvgIpc) is 2.59. The quantitative estimate of drug-likeness (QED) is 0.588. The van der Waals surface area contributed by atoms with Gasteiger partial charge in [0.1, 0.15) is 24.1 Å². The van der Waals surface area contributed by atoms with Crippen LogP contribution >= 0.6 is 15.9 Å². The van der Waals surface area contributed by atoms with E-state index in [4.69, 9.17) is 20.5 Å². The molecule has 128 valence electrons. The van der Waals surface area contributed by atoms with Crippen LogP contribution in [0.15, 0.2) is 46.4 Å². The normalized spacial score (nSPS) is 10.9. The molecule has 0 aliphatic heterocycles. The minimum absolute atomic E-state index is 0.172. The van der Waals surface area contributed by atoms with E-state index in [0.29, 0.717) is 21.5 Å². The predicted octanol–water partition coefficient (Wildman–Crippen LogP) is 3.57. The summed E-state index contributed by atoms with van der Waals surface area (Å²) in [6.45, 7) is 0.217. The fraction of sp³-hybridized carbons (Fsp3) is 0.111. The lowest BCUT2D eigenvalue weighted by Gasteiger charge is -2.14. The van der Waals surface area contributed by atoms with E-state index in [-0.39, 0.29) is 18.0 Å². The summed E-state index contributed by atoms with van der Waals surface area (Å²) in [5, 5.41) is 8.92. The maximum Gasteiger partial charge on any atom is 0.259 e. The van der Waals surface area contributed by atoms with Crippen LogP contribution in [0.3, 0.4) is 0 Å². The smallest absolute Gasteiger partial charge is 0.259 e. The fourth-order valence-corrected chi connectivity index (χ4v) is 2.60. The van der Waals surface area contributed by atoms with Crippen molar-refractivity contribution >= 4 is 27.9 Å². The Morgan fingerprint density at radius 3 is 2.60 bits per heavy atom. The van der Waals surface area contributed by atoms with Crippen molar-refractivity contribution < 1.29 is 18.7 Å². The van der Waals surface area contributed by atoms with E-state index in [9.17, 15) is 9.18 Å². The van der Waals surface area contributed by atoms with Gasteiger partial charge in [-0.3, -0.25) is 4.79 Å². The number of hydrogen-bond acceptors (Lipinski definition) is 4. The highest BCUT2D eigenvalue weighted by molar-refractivity contribution is 9.10. The Morgan fingerprint density at radius 2 is 2.04 bits per heavy atom. The first-order valence-electron chi connectivity index (χ1n) is 7.11. The summed E-state index contributed by atoms with van der Waals surface area (Å²) in [4.78, 5) is 11.2. The van der Waals surface area contributed by atoms with Crippen LogP contribution in [0.1, 0.15) is 11.1 Å². The van der Waals surface area contributed by atoms with Crippen molar-refractivity contribution in [3.63, 3.8) is 0 Å². The first-order valence-corrected chi connectivity index (χ1v) is 7.90. The molecule has 25 heavy (non-hydrogen) atoms. The van der Waals surface area contributed by atoms with Gasteiger partial charge in [0.25, 0.3) is 5.91 Å². The Morgan fingerprint density at radius 1 is 1.36 bits per heavy atom. The van der Waals surface area contributed by atoms with Crippen LogP contribution in [-0.2, 0) is 11.4 Å². The summed E-state index contributed by atoms with van der Waals surface area (Å²) in [6.07, 6.45) is 1.36. The Labute approximate surface area is 152 Å². The Kier molecular flexibility index (Phi) is 6.14. The largest absolute Gasteiger partial charge is 0.493 e. The van der Waals surface area contributed by atoms with Crippen molar-refractivity contribution in [3.8, 4) is 17.6 Å². The number of amides is 1. The zero-order valence-corrected chi connectivity index (χ0v) is 14.8. The van der Waals surface area contributed by atoms with Gasteiger partial charge in [0.2, 0.25) is 0 Å². The molecule has 1 amide bonds. The third kappa shape index (κ3) is 4.81. The Hall–Kier alpha value is -2.85. The number of benzene rings is 2. The summed E-state index contributed by atoms with van der Waals surface area (Å²) >= 11 is 3.38. The second kappa shape index (κ2) is 8.31. The number of nitriles is 1. The summed E-state index contributed by atoms with van der Waals surface area (Å²) in [5.74, 6) is -0.276. The number of rotatable bonds is 6. The first kappa shape index (κ1) is 18.5. The standard InChI is InChI=1S/C18H14BrFN2O3/c1-24-16-8-12(6-13(9-21)18(22)23)7-15(19)17(16)25-10-11-2-4-14(20)5-3-11/h2-8H,10H2,1H3,(H2,22,23)/b13-6-. The summed E-state index contributed by atoms with van der Waals surface area (Å²) in [5.41, 5.74) is 6.30. The van der Waals surface area contributed by atoms with Crippen molar-refractivity contribution in [3.05, 3.63) is 63.4 Å². The number of carbonyl (C=O) groups is 1. The van der Waals surface area contributed by atoms with Crippen LogP contribution in [0.2, 0.25) is 0 Å². The van der Waals surface area contributed by atoms with E-state index in [1.165, 1.54) is 25.3 Å². The Balaban J connectivity index is 2.29. The van der Waals surface area contributed by atoms with E-state index >= 15 is 0 Å². The van der Waals surface area contributed by atoms with E-state index in [0.717, 1.165) is 5.56 Å². The Bertz CT molecular complexity index is 858. The van der Waals surface area contributed by atoms with Gasteiger partial charge in [0, 0.05) is 0 Å². The minimum atomic E-state index is -0.811. The zero-order chi connectivity index (χ0) is 18.4. The van der Waals surface area contributed by atoms with Crippen LogP contribution in [0.25, 0.3) is 6.08 Å². The van der Waals surface area contributed by atoms with Crippen LogP contribution in [0.4, 0.5) is 4.39 Å². The minimum Gasteiger partial charge on any atom is -0.493 e. The van der Waals surface area contributed by atoms with Crippen molar-refractivity contribution in [2.24, 2.45) is 5.73 Å². The highest BCUT2D eigenvalue weighted by atomic mass is 79.9. The molecule has 0 radical (unpaired) electrons. The second-order valence-electron chi connectivity index (χ2n) is 4.98. The monoisotopic (exact) mass is 404 g/mol. The molecule has 0 heterocycles. The molecule has 0 bridgehead atoms. The molecule has 0 aromatic heterocycles. The molecule has 2 rings (SSSR count). The molecule has 0 aliphatic rings. The maximum atomic E-state index is 12.9. The van der Waals surface area contributed by atoms with Crippen LogP contribution < -0.4 is 15.2 Å². The molecular weight excluding hydrogens is 391 g/mol. The van der Waals surface area contributed by atoms with Gasteiger partial charge < -0.3 is 15.2 Å². The van der Waals surface area contributed by atoms with Crippen molar-refractivity contribution in [1.29, 1.82) is 5.26 Å². The fourth-order valence-electron chi connectivity index (χ4n) is 2.02. The molecule has 2 aromatic rings. The molecule has 0 saturated carbocycles. The lowest BCUT2D eigenvalue weighted by Crippen LogP contribution is -2.12. The summed E-state index contributed by atoms with van der Waals surface area (Å²) < 4.78 is 24.6. The number of halogens is 2. The third-order valence-electron chi connectivity index (χ3n) is 3.25. The molecule has 5 nitrogen and oxygen atoms in total. The SMILES string of the molecule is COc1cc(/C=C(/C#N)C(N)=O)cc(Br)c1OCc1ccc(F)cc1. The van der Waals surface area contributed by atoms with E-state index in [1.54, 1.807) is 30.3 Å². The maximum absolute atomic E-state index is 12.9. The molecule has 0 spiro atoms. The van der Waals surface area contributed by atoms with Gasteiger partial charge in [-0.1, -0.05) is 12.1 Å². The van der Waals surface area contributed by atoms with Crippen molar-refractivity contribution in [2.75, 3.05) is 7.11 Å². The molecule has 2 aromatic carbocycles. The number of nitrogens with zero attached hydrogens (tertiary/aromatic N) is 1. The van der Waals surface area contributed by atoms with Gasteiger partial charge >= 0.3 is 0 Å². The number of ether oxygens (including phenoxy) is 2. The molecule has 2 N–H and O–H groups in total. The van der Waals surface area contributed by atoms with Gasteiger partial charge in [-0.05, 0) is 57.4 Å². The van der Waals surface area contributed by atoms with Crippen LogP contribution in [0, 0.1) is 17.1 Å². The molecule has 0 saturated heterocycles.